The molecule has 1 N–H and O–H groups in total. The molecule has 6 nitrogen and oxygen atoms in total. The number of methoxy groups -OCH3 is 1. The van der Waals surface area contributed by atoms with E-state index in [0.29, 0.717) is 19.7 Å². The van der Waals surface area contributed by atoms with E-state index < -0.39 is 0 Å². The molecule has 0 unspecified atom stereocenters. The summed E-state index contributed by atoms with van der Waals surface area (Å²) in [7, 11) is 1.64. The first kappa shape index (κ1) is 20.5. The number of hydrogen-bond acceptors (Lipinski definition) is 4. The molecule has 0 fully saturated rings. The first-order valence-corrected chi connectivity index (χ1v) is 9.83. The maximum absolute atomic E-state index is 11.5. The largest absolute Gasteiger partial charge is 0.493 e. The first-order valence-electron chi connectivity index (χ1n) is 9.83. The molecular formula is C23H27N3O3. The summed E-state index contributed by atoms with van der Waals surface area (Å²) < 4.78 is 13.5. The van der Waals surface area contributed by atoms with Crippen LogP contribution in [0.15, 0.2) is 60.7 Å². The summed E-state index contributed by atoms with van der Waals surface area (Å²) in [4.78, 5) is 16.3. The number of imidazole rings is 1. The maximum atomic E-state index is 11.5. The minimum Gasteiger partial charge on any atom is -0.493 e. The lowest BCUT2D eigenvalue weighted by atomic mass is 10.3. The second kappa shape index (κ2) is 10.3. The van der Waals surface area contributed by atoms with Crippen LogP contribution in [-0.4, -0.2) is 35.7 Å². The van der Waals surface area contributed by atoms with Crippen LogP contribution in [0.25, 0.3) is 11.0 Å². The zero-order chi connectivity index (χ0) is 20.5. The summed E-state index contributed by atoms with van der Waals surface area (Å²) in [5.74, 6) is 2.38. The third-order valence-corrected chi connectivity index (χ3v) is 4.57. The van der Waals surface area contributed by atoms with Crippen molar-refractivity contribution in [3.63, 3.8) is 0 Å². The Morgan fingerprint density at radius 2 is 1.90 bits per heavy atom. The zero-order valence-electron chi connectivity index (χ0n) is 16.9. The Labute approximate surface area is 171 Å². The molecule has 1 heterocycles. The minimum absolute atomic E-state index is 0.0637. The average Bonchev–Trinajstić information content (AvgIpc) is 3.09. The van der Waals surface area contributed by atoms with Crippen molar-refractivity contribution in [3.05, 3.63) is 66.5 Å². The molecule has 3 rings (SSSR count). The molecule has 0 radical (unpaired) electrons. The van der Waals surface area contributed by atoms with E-state index in [2.05, 4.69) is 16.0 Å². The summed E-state index contributed by atoms with van der Waals surface area (Å²) in [5, 5.41) is 2.88. The fourth-order valence-corrected chi connectivity index (χ4v) is 3.22. The molecule has 0 aliphatic heterocycles. The third-order valence-electron chi connectivity index (χ3n) is 4.57. The van der Waals surface area contributed by atoms with E-state index in [9.17, 15) is 4.79 Å². The highest BCUT2D eigenvalue weighted by Gasteiger charge is 2.11. The van der Waals surface area contributed by atoms with Crippen molar-refractivity contribution in [1.82, 2.24) is 14.9 Å². The topological polar surface area (TPSA) is 65.4 Å². The van der Waals surface area contributed by atoms with Crippen LogP contribution in [0.5, 0.6) is 11.5 Å². The van der Waals surface area contributed by atoms with Gasteiger partial charge in [-0.1, -0.05) is 30.3 Å². The lowest BCUT2D eigenvalue weighted by molar-refractivity contribution is -0.116. The quantitative estimate of drug-likeness (QED) is 0.421. The summed E-state index contributed by atoms with van der Waals surface area (Å²) in [6.45, 7) is 3.63. The summed E-state index contributed by atoms with van der Waals surface area (Å²) in [6, 6.07) is 15.7. The number of carbonyl (C=O) groups is 1. The Hall–Kier alpha value is -3.28. The van der Waals surface area contributed by atoms with E-state index in [4.69, 9.17) is 14.5 Å². The van der Waals surface area contributed by atoms with Crippen molar-refractivity contribution < 1.29 is 14.3 Å². The zero-order valence-corrected chi connectivity index (χ0v) is 16.9. The minimum atomic E-state index is -0.0637. The Morgan fingerprint density at radius 1 is 1.14 bits per heavy atom. The number of hydrogen-bond donors (Lipinski definition) is 1. The summed E-state index contributed by atoms with van der Waals surface area (Å²) in [5.41, 5.74) is 2.06. The highest BCUT2D eigenvalue weighted by Crippen LogP contribution is 2.26. The lowest BCUT2D eigenvalue weighted by Crippen LogP contribution is -2.23. The third kappa shape index (κ3) is 5.38. The molecule has 0 bridgehead atoms. The number of aryl methyl sites for hydroxylation is 1. The average molecular weight is 393 g/mol. The monoisotopic (exact) mass is 393 g/mol. The van der Waals surface area contributed by atoms with E-state index in [1.807, 2.05) is 49.4 Å². The molecule has 2 aromatic carbocycles. The number of nitrogens with one attached hydrogen (secondary N) is 1. The van der Waals surface area contributed by atoms with E-state index in [0.717, 1.165) is 41.2 Å². The van der Waals surface area contributed by atoms with Crippen LogP contribution in [0.1, 0.15) is 19.2 Å². The van der Waals surface area contributed by atoms with Gasteiger partial charge >= 0.3 is 0 Å². The molecule has 0 saturated carbocycles. The SMILES string of the molecule is C/C=C\C(=O)NCCCc1nc2ccccc2n1CCOc1ccccc1OC. The molecule has 1 aromatic heterocycles. The molecule has 3 aromatic rings. The van der Waals surface area contributed by atoms with Gasteiger partial charge in [0.15, 0.2) is 11.5 Å². The van der Waals surface area contributed by atoms with Gasteiger partial charge in [0.2, 0.25) is 5.91 Å². The molecule has 1 amide bonds. The van der Waals surface area contributed by atoms with E-state index in [-0.39, 0.29) is 5.91 Å². The Balaban J connectivity index is 1.66. The van der Waals surface area contributed by atoms with Crippen molar-refractivity contribution in [3.8, 4) is 11.5 Å². The van der Waals surface area contributed by atoms with E-state index in [1.54, 1.807) is 13.2 Å². The van der Waals surface area contributed by atoms with E-state index >= 15 is 0 Å². The van der Waals surface area contributed by atoms with Crippen molar-refractivity contribution in [1.29, 1.82) is 0 Å². The predicted molar refractivity (Wildman–Crippen MR) is 114 cm³/mol. The molecule has 29 heavy (non-hydrogen) atoms. The van der Waals surface area contributed by atoms with Crippen LogP contribution >= 0.6 is 0 Å². The number of fused-ring (bicyclic) bond motifs is 1. The standard InChI is InChI=1S/C23H27N3O3/c1-3-9-23(27)24-15-8-14-22-25-18-10-4-5-11-19(18)26(22)16-17-29-21-13-7-6-12-20(21)28-2/h3-7,9-13H,8,14-17H2,1-2H3,(H,24,27)/b9-3-. The van der Waals surface area contributed by atoms with Gasteiger partial charge in [-0.25, -0.2) is 4.98 Å². The van der Waals surface area contributed by atoms with Gasteiger partial charge in [-0.15, -0.1) is 0 Å². The first-order chi connectivity index (χ1) is 14.2. The van der Waals surface area contributed by atoms with Crippen LogP contribution in [0, 0.1) is 0 Å². The number of para-hydroxylation sites is 4. The maximum Gasteiger partial charge on any atom is 0.243 e. The number of allylic oxidation sites excluding steroid dienone is 1. The second-order valence-corrected chi connectivity index (χ2v) is 6.56. The van der Waals surface area contributed by atoms with Gasteiger partial charge in [0.1, 0.15) is 12.4 Å². The van der Waals surface area contributed by atoms with Crippen molar-refractivity contribution in [2.24, 2.45) is 0 Å². The highest BCUT2D eigenvalue weighted by atomic mass is 16.5. The smallest absolute Gasteiger partial charge is 0.243 e. The van der Waals surface area contributed by atoms with Crippen molar-refractivity contribution in [2.75, 3.05) is 20.3 Å². The number of nitrogens with zero attached hydrogens (tertiary/aromatic N) is 2. The van der Waals surface area contributed by atoms with Crippen LogP contribution < -0.4 is 14.8 Å². The van der Waals surface area contributed by atoms with Gasteiger partial charge in [-0.05, 0) is 43.7 Å². The fourth-order valence-electron chi connectivity index (χ4n) is 3.22. The molecule has 0 atom stereocenters. The van der Waals surface area contributed by atoms with Gasteiger partial charge in [0, 0.05) is 13.0 Å². The number of ether oxygens (including phenoxy) is 2. The second-order valence-electron chi connectivity index (χ2n) is 6.56. The van der Waals surface area contributed by atoms with Crippen LogP contribution in [0.3, 0.4) is 0 Å². The number of rotatable bonds is 10. The lowest BCUT2D eigenvalue weighted by Gasteiger charge is -2.13. The van der Waals surface area contributed by atoms with Gasteiger partial charge in [-0.3, -0.25) is 4.79 Å². The number of benzene rings is 2. The molecular weight excluding hydrogens is 366 g/mol. The highest BCUT2D eigenvalue weighted by molar-refractivity contribution is 5.87. The summed E-state index contributed by atoms with van der Waals surface area (Å²) >= 11 is 0. The molecule has 6 heteroatoms. The number of aromatic nitrogens is 2. The van der Waals surface area contributed by atoms with Crippen molar-refractivity contribution >= 4 is 16.9 Å². The van der Waals surface area contributed by atoms with Gasteiger partial charge in [-0.2, -0.15) is 0 Å². The Bertz CT molecular complexity index is 978. The molecule has 0 aliphatic rings. The molecule has 0 aliphatic carbocycles. The fraction of sp³-hybridized carbons (Fsp3) is 0.304. The van der Waals surface area contributed by atoms with Crippen LogP contribution in [-0.2, 0) is 17.8 Å². The van der Waals surface area contributed by atoms with Crippen LogP contribution in [0.4, 0.5) is 0 Å². The Kier molecular flexibility index (Phi) is 7.28. The Morgan fingerprint density at radius 3 is 2.69 bits per heavy atom. The number of carbonyl (C=O) groups excluding carboxylic acids is 1. The van der Waals surface area contributed by atoms with Gasteiger partial charge in [0.05, 0.1) is 24.7 Å². The van der Waals surface area contributed by atoms with E-state index in [1.165, 1.54) is 6.08 Å². The predicted octanol–water partition coefficient (Wildman–Crippen LogP) is 3.75. The van der Waals surface area contributed by atoms with Crippen LogP contribution in [0.2, 0.25) is 0 Å². The van der Waals surface area contributed by atoms with Crippen molar-refractivity contribution in [2.45, 2.75) is 26.3 Å². The molecule has 0 spiro atoms. The summed E-state index contributed by atoms with van der Waals surface area (Å²) in [6.07, 6.45) is 4.86. The number of amides is 1. The molecule has 0 saturated heterocycles. The normalized spacial score (nSPS) is 11.1. The van der Waals surface area contributed by atoms with Gasteiger partial charge in [0.25, 0.3) is 0 Å². The van der Waals surface area contributed by atoms with Gasteiger partial charge < -0.3 is 19.4 Å². The molecule has 152 valence electrons.